The normalized spacial score (nSPS) is 15.0. The van der Waals surface area contributed by atoms with Crippen molar-refractivity contribution in [2.75, 3.05) is 25.5 Å². The quantitative estimate of drug-likeness (QED) is 0.406. The molecule has 1 amide bonds. The highest BCUT2D eigenvalue weighted by molar-refractivity contribution is 5.93. The van der Waals surface area contributed by atoms with Gasteiger partial charge in [0.25, 0.3) is 0 Å². The minimum atomic E-state index is 0.176. The Morgan fingerprint density at radius 1 is 1.41 bits per heavy atom. The van der Waals surface area contributed by atoms with Crippen molar-refractivity contribution in [3.05, 3.63) is 24.3 Å². The molecule has 1 saturated carbocycles. The molecular weight excluding hydrogens is 280 g/mol. The lowest BCUT2D eigenvalue weighted by atomic mass is 9.85. The molecule has 0 spiro atoms. The molecule has 0 aliphatic heterocycles. The summed E-state index contributed by atoms with van der Waals surface area (Å²) in [5.41, 5.74) is 6.63. The van der Waals surface area contributed by atoms with Crippen LogP contribution in [0.3, 0.4) is 0 Å². The van der Waals surface area contributed by atoms with Crippen LogP contribution < -0.4 is 21.1 Å². The summed E-state index contributed by atoms with van der Waals surface area (Å²) < 4.78 is 5.23. The van der Waals surface area contributed by atoms with Crippen LogP contribution in [0, 0.1) is 5.92 Å². The van der Waals surface area contributed by atoms with Gasteiger partial charge in [-0.3, -0.25) is 9.79 Å². The van der Waals surface area contributed by atoms with E-state index in [2.05, 4.69) is 15.6 Å². The molecule has 1 aliphatic carbocycles. The molecule has 0 saturated heterocycles. The topological polar surface area (TPSA) is 88.7 Å². The number of nitrogens with zero attached hydrogens (tertiary/aromatic N) is 1. The Labute approximate surface area is 131 Å². The molecule has 1 fully saturated rings. The molecule has 1 aromatic rings. The molecule has 1 aliphatic rings. The molecule has 120 valence electrons. The van der Waals surface area contributed by atoms with E-state index >= 15 is 0 Å². The Bertz CT molecular complexity index is 527. The lowest BCUT2D eigenvalue weighted by molar-refractivity contribution is -0.127. The highest BCUT2D eigenvalue weighted by Crippen LogP contribution is 2.26. The van der Waals surface area contributed by atoms with Crippen LogP contribution >= 0.6 is 0 Å². The maximum Gasteiger partial charge on any atom is 0.223 e. The number of guanidine groups is 1. The first-order valence-corrected chi connectivity index (χ1v) is 7.68. The van der Waals surface area contributed by atoms with Crippen molar-refractivity contribution in [1.29, 1.82) is 0 Å². The first-order chi connectivity index (χ1) is 10.7. The monoisotopic (exact) mass is 304 g/mol. The number of nitrogens with two attached hydrogens (primary N) is 1. The Hall–Kier alpha value is -2.24. The van der Waals surface area contributed by atoms with Gasteiger partial charge in [-0.1, -0.05) is 18.6 Å². The summed E-state index contributed by atoms with van der Waals surface area (Å²) in [5.74, 6) is 1.47. The summed E-state index contributed by atoms with van der Waals surface area (Å²) in [6.07, 6.45) is 4.00. The molecular formula is C16H24N4O2. The molecule has 0 aromatic heterocycles. The Kier molecular flexibility index (Phi) is 6.06. The molecule has 22 heavy (non-hydrogen) atoms. The van der Waals surface area contributed by atoms with Gasteiger partial charge < -0.3 is 21.1 Å². The predicted octanol–water partition coefficient (Wildman–Crippen LogP) is 1.73. The van der Waals surface area contributed by atoms with Gasteiger partial charge in [-0.2, -0.15) is 0 Å². The third-order valence-corrected chi connectivity index (χ3v) is 3.76. The van der Waals surface area contributed by atoms with Crippen LogP contribution in [0.2, 0.25) is 0 Å². The number of methoxy groups -OCH3 is 1. The number of amides is 1. The summed E-state index contributed by atoms with van der Waals surface area (Å²) >= 11 is 0. The molecule has 0 unspecified atom stereocenters. The van der Waals surface area contributed by atoms with Crippen molar-refractivity contribution in [2.24, 2.45) is 16.6 Å². The highest BCUT2D eigenvalue weighted by Gasteiger charge is 2.24. The van der Waals surface area contributed by atoms with Gasteiger partial charge in [0.2, 0.25) is 5.91 Å². The predicted molar refractivity (Wildman–Crippen MR) is 88.1 cm³/mol. The molecule has 0 radical (unpaired) electrons. The van der Waals surface area contributed by atoms with Crippen molar-refractivity contribution in [3.8, 4) is 5.75 Å². The fraction of sp³-hybridized carbons (Fsp3) is 0.500. The van der Waals surface area contributed by atoms with E-state index in [0.717, 1.165) is 24.9 Å². The summed E-state index contributed by atoms with van der Waals surface area (Å²) in [4.78, 5) is 15.9. The van der Waals surface area contributed by atoms with Crippen LogP contribution in [0.25, 0.3) is 0 Å². The number of hydrogen-bond donors (Lipinski definition) is 3. The zero-order valence-corrected chi connectivity index (χ0v) is 13.0. The van der Waals surface area contributed by atoms with Gasteiger partial charge >= 0.3 is 0 Å². The molecule has 6 heteroatoms. The van der Waals surface area contributed by atoms with Gasteiger partial charge in [0, 0.05) is 19.0 Å². The molecule has 0 bridgehead atoms. The highest BCUT2D eigenvalue weighted by atomic mass is 16.5. The summed E-state index contributed by atoms with van der Waals surface area (Å²) in [5, 5.41) is 5.95. The van der Waals surface area contributed by atoms with Crippen molar-refractivity contribution >= 4 is 17.6 Å². The average Bonchev–Trinajstić information content (AvgIpc) is 2.45. The second kappa shape index (κ2) is 8.26. The van der Waals surface area contributed by atoms with E-state index in [0.29, 0.717) is 24.8 Å². The number of hydrogen-bond acceptors (Lipinski definition) is 3. The average molecular weight is 304 g/mol. The number of carbonyl (C=O) groups is 1. The van der Waals surface area contributed by atoms with E-state index in [1.54, 1.807) is 7.11 Å². The zero-order valence-electron chi connectivity index (χ0n) is 13.0. The van der Waals surface area contributed by atoms with Gasteiger partial charge in [0.1, 0.15) is 5.75 Å². The van der Waals surface area contributed by atoms with Crippen LogP contribution in [0.15, 0.2) is 29.3 Å². The molecule has 0 heterocycles. The molecule has 4 N–H and O–H groups in total. The van der Waals surface area contributed by atoms with Crippen LogP contribution in [0.4, 0.5) is 5.69 Å². The van der Waals surface area contributed by atoms with Crippen LogP contribution in [-0.4, -0.2) is 32.1 Å². The number of rotatable bonds is 7. The second-order valence-corrected chi connectivity index (χ2v) is 5.36. The van der Waals surface area contributed by atoms with Crippen molar-refractivity contribution in [1.82, 2.24) is 5.32 Å². The fourth-order valence-corrected chi connectivity index (χ4v) is 2.23. The number of ether oxygens (including phenoxy) is 1. The van der Waals surface area contributed by atoms with Crippen LogP contribution in [0.1, 0.15) is 25.7 Å². The van der Waals surface area contributed by atoms with Gasteiger partial charge in [-0.05, 0) is 31.4 Å². The van der Waals surface area contributed by atoms with Gasteiger partial charge in [0.05, 0.1) is 12.8 Å². The Balaban J connectivity index is 1.67. The number of anilines is 1. The van der Waals surface area contributed by atoms with E-state index in [9.17, 15) is 4.79 Å². The van der Waals surface area contributed by atoms with Crippen molar-refractivity contribution in [3.63, 3.8) is 0 Å². The van der Waals surface area contributed by atoms with E-state index in [1.165, 1.54) is 6.42 Å². The van der Waals surface area contributed by atoms with Crippen molar-refractivity contribution < 1.29 is 9.53 Å². The lowest BCUT2D eigenvalue weighted by Crippen LogP contribution is -2.35. The first kappa shape index (κ1) is 16.1. The minimum absolute atomic E-state index is 0.176. The van der Waals surface area contributed by atoms with E-state index in [-0.39, 0.29) is 11.8 Å². The number of carbonyl (C=O) groups excluding carboxylic acids is 1. The summed E-state index contributed by atoms with van der Waals surface area (Å²) in [6, 6.07) is 7.52. The van der Waals surface area contributed by atoms with Gasteiger partial charge in [-0.15, -0.1) is 0 Å². The van der Waals surface area contributed by atoms with Crippen LogP contribution in [0.5, 0.6) is 5.75 Å². The van der Waals surface area contributed by atoms with E-state index in [4.69, 9.17) is 10.5 Å². The van der Waals surface area contributed by atoms with Crippen LogP contribution in [-0.2, 0) is 4.79 Å². The third-order valence-electron chi connectivity index (χ3n) is 3.76. The zero-order chi connectivity index (χ0) is 15.8. The number of benzene rings is 1. The maximum absolute atomic E-state index is 11.6. The molecule has 0 atom stereocenters. The number of para-hydroxylation sites is 2. The molecule has 2 rings (SSSR count). The van der Waals surface area contributed by atoms with Gasteiger partial charge in [0.15, 0.2) is 5.96 Å². The van der Waals surface area contributed by atoms with Gasteiger partial charge in [-0.25, -0.2) is 0 Å². The largest absolute Gasteiger partial charge is 0.495 e. The smallest absolute Gasteiger partial charge is 0.223 e. The molecule has 6 nitrogen and oxygen atoms in total. The summed E-state index contributed by atoms with van der Waals surface area (Å²) in [6.45, 7) is 1.21. The molecule has 1 aromatic carbocycles. The summed E-state index contributed by atoms with van der Waals surface area (Å²) in [7, 11) is 1.61. The number of aliphatic imine (C=N–C) groups is 1. The third kappa shape index (κ3) is 4.65. The lowest BCUT2D eigenvalue weighted by Gasteiger charge is -2.23. The maximum atomic E-state index is 11.6. The number of nitrogens with one attached hydrogen (secondary N) is 2. The Morgan fingerprint density at radius 2 is 2.18 bits per heavy atom. The standard InChI is InChI=1S/C16H24N4O2/c1-22-14-9-3-2-8-13(14)20-16(17)19-11-5-10-18-15(21)12-6-4-7-12/h2-3,8-9,12H,4-7,10-11H2,1H3,(H,18,21)(H3,17,19,20). The minimum Gasteiger partial charge on any atom is -0.495 e. The van der Waals surface area contributed by atoms with E-state index in [1.807, 2.05) is 24.3 Å². The SMILES string of the molecule is COc1ccccc1NC(N)=NCCCNC(=O)C1CCC1. The Morgan fingerprint density at radius 3 is 2.86 bits per heavy atom. The van der Waals surface area contributed by atoms with Crippen molar-refractivity contribution in [2.45, 2.75) is 25.7 Å². The second-order valence-electron chi connectivity index (χ2n) is 5.36. The van der Waals surface area contributed by atoms with E-state index < -0.39 is 0 Å². The first-order valence-electron chi connectivity index (χ1n) is 7.68. The fourth-order valence-electron chi connectivity index (χ4n) is 2.23.